The number of nitrogens with two attached hydrogens (primary N) is 1. The van der Waals surface area contributed by atoms with Crippen molar-refractivity contribution in [3.05, 3.63) is 18.0 Å². The molecule has 15 heavy (non-hydrogen) atoms. The molecule has 0 amide bonds. The minimum absolute atomic E-state index is 0.107. The van der Waals surface area contributed by atoms with Gasteiger partial charge >= 0.3 is 0 Å². The van der Waals surface area contributed by atoms with E-state index in [0.29, 0.717) is 12.5 Å². The number of nitrogens with zero attached hydrogens (tertiary/aromatic N) is 2. The molecular formula is C11H20N4. The molecule has 0 aliphatic rings. The quantitative estimate of drug-likeness (QED) is 0.737. The Bertz CT molecular complexity index is 286. The van der Waals surface area contributed by atoms with Crippen LogP contribution in [0.3, 0.4) is 0 Å². The zero-order chi connectivity index (χ0) is 11.3. The van der Waals surface area contributed by atoms with E-state index in [-0.39, 0.29) is 5.41 Å². The molecule has 0 unspecified atom stereocenters. The summed E-state index contributed by atoms with van der Waals surface area (Å²) in [5.41, 5.74) is 6.65. The van der Waals surface area contributed by atoms with Gasteiger partial charge in [0.05, 0.1) is 0 Å². The lowest BCUT2D eigenvalue weighted by Crippen LogP contribution is -2.14. The molecular weight excluding hydrogens is 188 g/mol. The highest BCUT2D eigenvalue weighted by atomic mass is 15.1. The van der Waals surface area contributed by atoms with Crippen molar-refractivity contribution in [3.63, 3.8) is 0 Å². The minimum Gasteiger partial charge on any atom is -0.354 e. The third kappa shape index (κ3) is 3.83. The van der Waals surface area contributed by atoms with Gasteiger partial charge in [-0.1, -0.05) is 20.8 Å². The van der Waals surface area contributed by atoms with E-state index in [1.165, 1.54) is 0 Å². The highest BCUT2D eigenvalue weighted by Crippen LogP contribution is 2.20. The number of anilines is 1. The fourth-order valence-electron chi connectivity index (χ4n) is 1.11. The van der Waals surface area contributed by atoms with Crippen molar-refractivity contribution in [2.45, 2.75) is 32.6 Å². The average molecular weight is 208 g/mol. The summed E-state index contributed by atoms with van der Waals surface area (Å²) >= 11 is 0. The van der Waals surface area contributed by atoms with Crippen molar-refractivity contribution < 1.29 is 0 Å². The van der Waals surface area contributed by atoms with Gasteiger partial charge in [0, 0.05) is 18.9 Å². The first-order chi connectivity index (χ1) is 7.04. The van der Waals surface area contributed by atoms with E-state index in [2.05, 4.69) is 36.1 Å². The van der Waals surface area contributed by atoms with Gasteiger partial charge < -0.3 is 11.1 Å². The second-order valence-corrected chi connectivity index (χ2v) is 4.61. The first-order valence-corrected chi connectivity index (χ1v) is 5.30. The van der Waals surface area contributed by atoms with Crippen LogP contribution in [0.2, 0.25) is 0 Å². The molecule has 1 aromatic rings. The van der Waals surface area contributed by atoms with Crippen molar-refractivity contribution in [2.24, 2.45) is 5.73 Å². The zero-order valence-corrected chi connectivity index (χ0v) is 9.75. The van der Waals surface area contributed by atoms with E-state index in [4.69, 9.17) is 5.73 Å². The maximum atomic E-state index is 5.39. The highest BCUT2D eigenvalue weighted by Gasteiger charge is 2.14. The van der Waals surface area contributed by atoms with Crippen LogP contribution < -0.4 is 11.1 Å². The SMILES string of the molecule is CC(C)(C)c1cnc(NCCCN)nc1. The predicted octanol–water partition coefficient (Wildman–Crippen LogP) is 1.53. The van der Waals surface area contributed by atoms with Gasteiger partial charge in [-0.2, -0.15) is 0 Å². The topological polar surface area (TPSA) is 63.8 Å². The molecule has 0 aliphatic heterocycles. The van der Waals surface area contributed by atoms with E-state index < -0.39 is 0 Å². The van der Waals surface area contributed by atoms with Crippen LogP contribution in [0.15, 0.2) is 12.4 Å². The zero-order valence-electron chi connectivity index (χ0n) is 9.75. The van der Waals surface area contributed by atoms with Gasteiger partial charge in [-0.15, -0.1) is 0 Å². The molecule has 0 spiro atoms. The summed E-state index contributed by atoms with van der Waals surface area (Å²) in [5, 5.41) is 3.12. The monoisotopic (exact) mass is 208 g/mol. The van der Waals surface area contributed by atoms with Gasteiger partial charge in [0.2, 0.25) is 5.95 Å². The number of rotatable bonds is 4. The third-order valence-corrected chi connectivity index (χ3v) is 2.18. The predicted molar refractivity (Wildman–Crippen MR) is 62.9 cm³/mol. The molecule has 1 aromatic heterocycles. The summed E-state index contributed by atoms with van der Waals surface area (Å²) in [5.74, 6) is 0.677. The molecule has 1 rings (SSSR count). The molecule has 0 saturated heterocycles. The molecule has 0 saturated carbocycles. The van der Waals surface area contributed by atoms with Crippen LogP contribution in [0.4, 0.5) is 5.95 Å². The van der Waals surface area contributed by atoms with Gasteiger partial charge in [-0.05, 0) is 23.9 Å². The van der Waals surface area contributed by atoms with Crippen LogP contribution in [0.5, 0.6) is 0 Å². The number of hydrogen-bond donors (Lipinski definition) is 2. The molecule has 4 nitrogen and oxygen atoms in total. The van der Waals surface area contributed by atoms with Gasteiger partial charge in [-0.3, -0.25) is 0 Å². The van der Waals surface area contributed by atoms with Crippen molar-refractivity contribution in [3.8, 4) is 0 Å². The highest BCUT2D eigenvalue weighted by molar-refractivity contribution is 5.26. The van der Waals surface area contributed by atoms with E-state index >= 15 is 0 Å². The maximum absolute atomic E-state index is 5.39. The molecule has 0 aliphatic carbocycles. The fraction of sp³-hybridized carbons (Fsp3) is 0.636. The maximum Gasteiger partial charge on any atom is 0.222 e. The van der Waals surface area contributed by atoms with Gasteiger partial charge in [0.1, 0.15) is 0 Å². The van der Waals surface area contributed by atoms with E-state index in [9.17, 15) is 0 Å². The number of nitrogens with one attached hydrogen (secondary N) is 1. The van der Waals surface area contributed by atoms with Crippen LogP contribution >= 0.6 is 0 Å². The van der Waals surface area contributed by atoms with Crippen LogP contribution in [0.25, 0.3) is 0 Å². The molecule has 3 N–H and O–H groups in total. The van der Waals surface area contributed by atoms with Crippen LogP contribution in [0, 0.1) is 0 Å². The Morgan fingerprint density at radius 1 is 1.27 bits per heavy atom. The molecule has 1 heterocycles. The van der Waals surface area contributed by atoms with Gasteiger partial charge in [0.25, 0.3) is 0 Å². The van der Waals surface area contributed by atoms with Crippen LogP contribution in [-0.2, 0) is 5.41 Å². The third-order valence-electron chi connectivity index (χ3n) is 2.18. The van der Waals surface area contributed by atoms with Crippen molar-refractivity contribution in [1.29, 1.82) is 0 Å². The van der Waals surface area contributed by atoms with Crippen molar-refractivity contribution in [1.82, 2.24) is 9.97 Å². The lowest BCUT2D eigenvalue weighted by atomic mass is 9.89. The van der Waals surface area contributed by atoms with E-state index in [1.54, 1.807) is 0 Å². The molecule has 84 valence electrons. The average Bonchev–Trinajstić information content (AvgIpc) is 2.18. The summed E-state index contributed by atoms with van der Waals surface area (Å²) in [4.78, 5) is 8.51. The lowest BCUT2D eigenvalue weighted by molar-refractivity contribution is 0.584. The first-order valence-electron chi connectivity index (χ1n) is 5.30. The summed E-state index contributed by atoms with van der Waals surface area (Å²) in [7, 11) is 0. The van der Waals surface area contributed by atoms with Crippen LogP contribution in [-0.4, -0.2) is 23.1 Å². The van der Waals surface area contributed by atoms with Crippen molar-refractivity contribution >= 4 is 5.95 Å². The Morgan fingerprint density at radius 2 is 1.87 bits per heavy atom. The first kappa shape index (κ1) is 11.9. The second kappa shape index (κ2) is 5.07. The molecule has 0 fully saturated rings. The van der Waals surface area contributed by atoms with E-state index in [0.717, 1.165) is 18.5 Å². The second-order valence-electron chi connectivity index (χ2n) is 4.61. The molecule has 0 bridgehead atoms. The van der Waals surface area contributed by atoms with Gasteiger partial charge in [-0.25, -0.2) is 9.97 Å². The van der Waals surface area contributed by atoms with Gasteiger partial charge in [0.15, 0.2) is 0 Å². The summed E-state index contributed by atoms with van der Waals surface area (Å²) < 4.78 is 0. The Hall–Kier alpha value is -1.16. The lowest BCUT2D eigenvalue weighted by Gasteiger charge is -2.17. The normalized spacial score (nSPS) is 11.5. The minimum atomic E-state index is 0.107. The summed E-state index contributed by atoms with van der Waals surface area (Å²) in [6, 6.07) is 0. The summed E-state index contributed by atoms with van der Waals surface area (Å²) in [6.07, 6.45) is 4.68. The molecule has 4 heteroatoms. The smallest absolute Gasteiger partial charge is 0.222 e. The number of hydrogen-bond acceptors (Lipinski definition) is 4. The van der Waals surface area contributed by atoms with Crippen LogP contribution in [0.1, 0.15) is 32.8 Å². The number of aromatic nitrogens is 2. The Balaban J connectivity index is 2.57. The summed E-state index contributed by atoms with van der Waals surface area (Å²) in [6.45, 7) is 7.95. The van der Waals surface area contributed by atoms with E-state index in [1.807, 2.05) is 12.4 Å². The molecule has 0 aromatic carbocycles. The largest absolute Gasteiger partial charge is 0.354 e. The Morgan fingerprint density at radius 3 is 2.33 bits per heavy atom. The Kier molecular flexibility index (Phi) is 4.03. The standard InChI is InChI=1S/C11H20N4/c1-11(2,3)9-7-14-10(15-8-9)13-6-4-5-12/h7-8H,4-6,12H2,1-3H3,(H,13,14,15). The molecule has 0 atom stereocenters. The Labute approximate surface area is 91.3 Å². The fourth-order valence-corrected chi connectivity index (χ4v) is 1.11. The van der Waals surface area contributed by atoms with Crippen molar-refractivity contribution in [2.75, 3.05) is 18.4 Å². The molecule has 0 radical (unpaired) electrons.